The fourth-order valence-corrected chi connectivity index (χ4v) is 3.81. The number of methoxy groups -OCH3 is 3. The number of aromatic hydroxyl groups is 1. The van der Waals surface area contributed by atoms with Gasteiger partial charge in [0.15, 0.2) is 11.5 Å². The number of rotatable bonds is 11. The molecular weight excluding hydrogens is 468 g/mol. The van der Waals surface area contributed by atoms with Crippen LogP contribution >= 0.6 is 0 Å². The summed E-state index contributed by atoms with van der Waals surface area (Å²) in [4.78, 5) is 39.1. The van der Waals surface area contributed by atoms with Crippen LogP contribution in [0.1, 0.15) is 39.4 Å². The molecule has 10 nitrogen and oxygen atoms in total. The molecule has 1 amide bonds. The summed E-state index contributed by atoms with van der Waals surface area (Å²) in [5.41, 5.74) is 5.84. The summed E-state index contributed by atoms with van der Waals surface area (Å²) in [6.07, 6.45) is 1.35. The van der Waals surface area contributed by atoms with Crippen molar-refractivity contribution in [2.75, 3.05) is 27.9 Å². The number of hydrogen-bond donors (Lipinski definition) is 3. The van der Waals surface area contributed by atoms with Gasteiger partial charge in [-0.15, -0.1) is 0 Å². The third kappa shape index (κ3) is 5.96. The van der Waals surface area contributed by atoms with Crippen LogP contribution in [0.4, 0.5) is 0 Å². The van der Waals surface area contributed by atoms with Gasteiger partial charge in [-0.3, -0.25) is 9.59 Å². The highest BCUT2D eigenvalue weighted by Gasteiger charge is 2.28. The third-order valence-electron chi connectivity index (χ3n) is 5.66. The lowest BCUT2D eigenvalue weighted by atomic mass is 9.87. The molecule has 0 radical (unpaired) electrons. The van der Waals surface area contributed by atoms with Gasteiger partial charge in [0.1, 0.15) is 17.1 Å². The summed E-state index contributed by atoms with van der Waals surface area (Å²) in [5.74, 6) is -1.55. The van der Waals surface area contributed by atoms with Crippen LogP contribution in [-0.2, 0) is 16.0 Å². The third-order valence-corrected chi connectivity index (χ3v) is 5.66. The molecule has 0 aliphatic carbocycles. The number of primary amides is 1. The number of aromatic amines is 1. The average Bonchev–Trinajstić information content (AvgIpc) is 2.88. The number of esters is 1. The smallest absolute Gasteiger partial charge is 0.343 e. The summed E-state index contributed by atoms with van der Waals surface area (Å²) in [5, 5.41) is 10.8. The van der Waals surface area contributed by atoms with Crippen molar-refractivity contribution < 1.29 is 33.6 Å². The highest BCUT2D eigenvalue weighted by molar-refractivity contribution is 5.92. The average molecular weight is 497 g/mol. The SMILES string of the molecule is COC(=O)c1c[nH]c(=O)c(C(CC(N)=O)c2ccc(OC)c(OCCc3ccc(OC)cc3)c2)c1O. The number of nitrogens with one attached hydrogen (secondary N) is 1. The monoisotopic (exact) mass is 496 g/mol. The molecule has 1 unspecified atom stereocenters. The molecule has 1 aromatic heterocycles. The summed E-state index contributed by atoms with van der Waals surface area (Å²) < 4.78 is 21.2. The first-order chi connectivity index (χ1) is 17.3. The quantitative estimate of drug-likeness (QED) is 0.343. The van der Waals surface area contributed by atoms with Crippen LogP contribution in [0.25, 0.3) is 0 Å². The zero-order chi connectivity index (χ0) is 26.2. The first-order valence-electron chi connectivity index (χ1n) is 11.0. The lowest BCUT2D eigenvalue weighted by molar-refractivity contribution is -0.118. The maximum absolute atomic E-state index is 12.7. The largest absolute Gasteiger partial charge is 0.506 e. The molecule has 1 heterocycles. The Balaban J connectivity index is 1.95. The van der Waals surface area contributed by atoms with Gasteiger partial charge < -0.3 is 34.8 Å². The normalized spacial score (nSPS) is 11.4. The predicted molar refractivity (Wildman–Crippen MR) is 131 cm³/mol. The molecule has 3 rings (SSSR count). The number of nitrogens with two attached hydrogens (primary N) is 1. The molecule has 36 heavy (non-hydrogen) atoms. The van der Waals surface area contributed by atoms with Gasteiger partial charge >= 0.3 is 5.97 Å². The molecule has 0 bridgehead atoms. The van der Waals surface area contributed by atoms with E-state index in [9.17, 15) is 19.5 Å². The minimum atomic E-state index is -0.967. The minimum absolute atomic E-state index is 0.189. The molecule has 10 heteroatoms. The molecule has 0 fully saturated rings. The van der Waals surface area contributed by atoms with E-state index in [2.05, 4.69) is 9.72 Å². The van der Waals surface area contributed by atoms with Crippen molar-refractivity contribution in [3.8, 4) is 23.0 Å². The van der Waals surface area contributed by atoms with Crippen molar-refractivity contribution in [1.82, 2.24) is 4.98 Å². The molecule has 0 aliphatic heterocycles. The van der Waals surface area contributed by atoms with Crippen LogP contribution in [0.2, 0.25) is 0 Å². The molecule has 0 aliphatic rings. The second-order valence-electron chi connectivity index (χ2n) is 7.87. The highest BCUT2D eigenvalue weighted by Crippen LogP contribution is 2.37. The lowest BCUT2D eigenvalue weighted by Crippen LogP contribution is -2.24. The van der Waals surface area contributed by atoms with E-state index in [0.717, 1.165) is 24.6 Å². The fourth-order valence-electron chi connectivity index (χ4n) is 3.81. The summed E-state index contributed by atoms with van der Waals surface area (Å²) >= 11 is 0. The van der Waals surface area contributed by atoms with Crippen molar-refractivity contribution in [2.24, 2.45) is 5.73 Å². The number of hydrogen-bond acceptors (Lipinski definition) is 8. The van der Waals surface area contributed by atoms with Gasteiger partial charge in [-0.05, 0) is 35.4 Å². The van der Waals surface area contributed by atoms with Crippen LogP contribution in [0.15, 0.2) is 53.5 Å². The van der Waals surface area contributed by atoms with Crippen molar-refractivity contribution >= 4 is 11.9 Å². The molecule has 1 atom stereocenters. The van der Waals surface area contributed by atoms with E-state index < -0.39 is 29.1 Å². The Morgan fingerprint density at radius 3 is 2.36 bits per heavy atom. The van der Waals surface area contributed by atoms with E-state index in [1.165, 1.54) is 7.11 Å². The van der Waals surface area contributed by atoms with Gasteiger partial charge in [-0.2, -0.15) is 0 Å². The first-order valence-corrected chi connectivity index (χ1v) is 11.0. The van der Waals surface area contributed by atoms with Gasteiger partial charge in [0.25, 0.3) is 5.56 Å². The lowest BCUT2D eigenvalue weighted by Gasteiger charge is -2.20. The molecule has 0 saturated heterocycles. The van der Waals surface area contributed by atoms with Crippen LogP contribution in [0.3, 0.4) is 0 Å². The van der Waals surface area contributed by atoms with Crippen LogP contribution in [0, 0.1) is 0 Å². The fraction of sp³-hybridized carbons (Fsp3) is 0.269. The van der Waals surface area contributed by atoms with E-state index in [1.807, 2.05) is 24.3 Å². The Kier molecular flexibility index (Phi) is 8.56. The van der Waals surface area contributed by atoms with Crippen molar-refractivity contribution in [3.63, 3.8) is 0 Å². The van der Waals surface area contributed by atoms with E-state index in [0.29, 0.717) is 30.1 Å². The van der Waals surface area contributed by atoms with E-state index in [4.69, 9.17) is 19.9 Å². The van der Waals surface area contributed by atoms with Crippen LogP contribution in [0.5, 0.6) is 23.0 Å². The molecule has 0 spiro atoms. The zero-order valence-electron chi connectivity index (χ0n) is 20.2. The molecule has 4 N–H and O–H groups in total. The van der Waals surface area contributed by atoms with Gasteiger partial charge in [-0.1, -0.05) is 18.2 Å². The number of amides is 1. The topological polar surface area (TPSA) is 150 Å². The van der Waals surface area contributed by atoms with Crippen molar-refractivity contribution in [2.45, 2.75) is 18.8 Å². The summed E-state index contributed by atoms with van der Waals surface area (Å²) in [7, 11) is 4.23. The van der Waals surface area contributed by atoms with Crippen LogP contribution < -0.4 is 25.5 Å². The Morgan fingerprint density at radius 2 is 1.75 bits per heavy atom. The first kappa shape index (κ1) is 26.1. The summed E-state index contributed by atoms with van der Waals surface area (Å²) in [6.45, 7) is 0.316. The van der Waals surface area contributed by atoms with Gasteiger partial charge in [0.2, 0.25) is 5.91 Å². The van der Waals surface area contributed by atoms with Gasteiger partial charge in [-0.25, -0.2) is 4.79 Å². The number of carbonyl (C=O) groups is 2. The molecule has 0 saturated carbocycles. The summed E-state index contributed by atoms with van der Waals surface area (Å²) in [6, 6.07) is 12.5. The number of benzene rings is 2. The maximum Gasteiger partial charge on any atom is 0.343 e. The minimum Gasteiger partial charge on any atom is -0.506 e. The Bertz CT molecular complexity index is 1280. The number of H-pyrrole nitrogens is 1. The van der Waals surface area contributed by atoms with E-state index >= 15 is 0 Å². The number of aromatic nitrogens is 1. The van der Waals surface area contributed by atoms with Gasteiger partial charge in [0.05, 0.1) is 33.5 Å². The molecule has 3 aromatic rings. The zero-order valence-corrected chi connectivity index (χ0v) is 20.2. The molecule has 2 aromatic carbocycles. The van der Waals surface area contributed by atoms with Crippen molar-refractivity contribution in [1.29, 1.82) is 0 Å². The predicted octanol–water partition coefficient (Wildman–Crippen LogP) is 2.51. The Morgan fingerprint density at radius 1 is 1.03 bits per heavy atom. The number of carbonyl (C=O) groups excluding carboxylic acids is 2. The Hall–Kier alpha value is -4.47. The van der Waals surface area contributed by atoms with E-state index in [-0.39, 0.29) is 17.5 Å². The Labute approximate surface area is 207 Å². The van der Waals surface area contributed by atoms with Crippen LogP contribution in [-0.4, -0.2) is 49.9 Å². The number of pyridine rings is 1. The van der Waals surface area contributed by atoms with E-state index in [1.54, 1.807) is 25.3 Å². The van der Waals surface area contributed by atoms with Gasteiger partial charge in [0, 0.05) is 25.0 Å². The standard InChI is InChI=1S/C26H28N2O8/c1-33-17-7-4-15(5-8-17)10-11-36-21-12-16(6-9-20(21)34-2)18(13-22(27)29)23-24(30)19(26(32)35-3)14-28-25(23)31/h4-9,12,14,18H,10-11,13H2,1-3H3,(H2,27,29)(H2,28,30,31). The maximum atomic E-state index is 12.7. The second kappa shape index (κ2) is 11.8. The molecular formula is C26H28N2O8. The number of ether oxygens (including phenoxy) is 4. The van der Waals surface area contributed by atoms with Crippen molar-refractivity contribution in [3.05, 3.63) is 81.3 Å². The molecule has 190 valence electrons. The second-order valence-corrected chi connectivity index (χ2v) is 7.87. The highest BCUT2D eigenvalue weighted by atomic mass is 16.5.